The molecule has 1 atom stereocenters. The molecule has 3 heteroatoms. The molecule has 1 N–H and O–H groups in total. The number of hydrogen-bond donors (Lipinski definition) is 1. The number of rotatable bonds is 6. The third kappa shape index (κ3) is 3.68. The van der Waals surface area contributed by atoms with Crippen LogP contribution in [-0.2, 0) is 6.42 Å². The maximum absolute atomic E-state index is 13.0. The Labute approximate surface area is 107 Å². The van der Waals surface area contributed by atoms with E-state index in [4.69, 9.17) is 11.6 Å². The third-order valence-corrected chi connectivity index (χ3v) is 3.65. The number of hydrogen-bond acceptors (Lipinski definition) is 1. The van der Waals surface area contributed by atoms with Crippen molar-refractivity contribution < 1.29 is 4.39 Å². The Morgan fingerprint density at radius 3 is 2.82 bits per heavy atom. The molecule has 1 saturated carbocycles. The minimum Gasteiger partial charge on any atom is -0.313 e. The second kappa shape index (κ2) is 5.83. The van der Waals surface area contributed by atoms with Crippen molar-refractivity contribution in [3.05, 3.63) is 34.6 Å². The summed E-state index contributed by atoms with van der Waals surface area (Å²) in [5.74, 6) is 0.519. The summed E-state index contributed by atoms with van der Waals surface area (Å²) in [5, 5.41) is 4.12. The molecule has 0 spiro atoms. The number of nitrogens with one attached hydrogen (secondary N) is 1. The largest absolute Gasteiger partial charge is 0.313 e. The average Bonchev–Trinajstić information content (AvgIpc) is 3.11. The SMILES string of the molecule is CCCNC(Cc1ccc(F)cc1Cl)C1CC1. The van der Waals surface area contributed by atoms with E-state index in [2.05, 4.69) is 12.2 Å². The Bertz CT molecular complexity index is 376. The predicted molar refractivity (Wildman–Crippen MR) is 69.9 cm³/mol. The highest BCUT2D eigenvalue weighted by Gasteiger charge is 2.30. The molecule has 2 rings (SSSR count). The zero-order valence-corrected chi connectivity index (χ0v) is 10.9. The Hall–Kier alpha value is -0.600. The number of halogens is 2. The fraction of sp³-hybridized carbons (Fsp3) is 0.571. The van der Waals surface area contributed by atoms with Crippen LogP contribution in [0.5, 0.6) is 0 Å². The van der Waals surface area contributed by atoms with Crippen molar-refractivity contribution in [1.29, 1.82) is 0 Å². The van der Waals surface area contributed by atoms with Gasteiger partial charge in [-0.1, -0.05) is 24.6 Å². The maximum atomic E-state index is 13.0. The minimum atomic E-state index is -0.261. The van der Waals surface area contributed by atoms with E-state index in [0.29, 0.717) is 11.1 Å². The van der Waals surface area contributed by atoms with E-state index in [-0.39, 0.29) is 5.82 Å². The molecule has 0 saturated heterocycles. The molecule has 1 aromatic rings. The third-order valence-electron chi connectivity index (χ3n) is 3.30. The first kappa shape index (κ1) is 12.8. The molecule has 0 amide bonds. The predicted octanol–water partition coefficient (Wildman–Crippen LogP) is 3.80. The molecular formula is C14H19ClFN. The van der Waals surface area contributed by atoms with E-state index in [9.17, 15) is 4.39 Å². The smallest absolute Gasteiger partial charge is 0.124 e. The zero-order valence-electron chi connectivity index (χ0n) is 10.2. The van der Waals surface area contributed by atoms with Gasteiger partial charge in [-0.25, -0.2) is 4.39 Å². The lowest BCUT2D eigenvalue weighted by atomic mass is 10.0. The van der Waals surface area contributed by atoms with Crippen molar-refractivity contribution >= 4 is 11.6 Å². The molecule has 0 bridgehead atoms. The van der Waals surface area contributed by atoms with Gasteiger partial charge >= 0.3 is 0 Å². The Kier molecular flexibility index (Phi) is 4.41. The fourth-order valence-electron chi connectivity index (χ4n) is 2.16. The van der Waals surface area contributed by atoms with Crippen LogP contribution in [0.15, 0.2) is 18.2 Å². The molecule has 0 aromatic heterocycles. The van der Waals surface area contributed by atoms with E-state index in [1.165, 1.54) is 25.0 Å². The van der Waals surface area contributed by atoms with Crippen LogP contribution < -0.4 is 5.32 Å². The van der Waals surface area contributed by atoms with E-state index >= 15 is 0 Å². The van der Waals surface area contributed by atoms with Crippen LogP contribution in [0, 0.1) is 11.7 Å². The molecule has 1 aliphatic rings. The first-order chi connectivity index (χ1) is 8.20. The second-order valence-electron chi connectivity index (χ2n) is 4.84. The summed E-state index contributed by atoms with van der Waals surface area (Å²) in [7, 11) is 0. The fourth-order valence-corrected chi connectivity index (χ4v) is 2.40. The molecule has 1 unspecified atom stereocenters. The van der Waals surface area contributed by atoms with Gasteiger partial charge in [0, 0.05) is 11.1 Å². The summed E-state index contributed by atoms with van der Waals surface area (Å²) in [6.45, 7) is 3.21. The van der Waals surface area contributed by atoms with Crippen molar-refractivity contribution in [3.8, 4) is 0 Å². The van der Waals surface area contributed by atoms with Crippen LogP contribution in [0.2, 0.25) is 5.02 Å². The quantitative estimate of drug-likeness (QED) is 0.815. The van der Waals surface area contributed by atoms with Crippen molar-refractivity contribution in [2.45, 2.75) is 38.6 Å². The van der Waals surface area contributed by atoms with Crippen molar-refractivity contribution in [2.24, 2.45) is 5.92 Å². The monoisotopic (exact) mass is 255 g/mol. The van der Waals surface area contributed by atoms with Gasteiger partial charge in [0.05, 0.1) is 0 Å². The molecule has 0 aliphatic heterocycles. The van der Waals surface area contributed by atoms with E-state index in [1.807, 2.05) is 0 Å². The topological polar surface area (TPSA) is 12.0 Å². The first-order valence-electron chi connectivity index (χ1n) is 6.38. The van der Waals surface area contributed by atoms with Gasteiger partial charge in [0.15, 0.2) is 0 Å². The summed E-state index contributed by atoms with van der Waals surface area (Å²) in [6.07, 6.45) is 4.66. The lowest BCUT2D eigenvalue weighted by Gasteiger charge is -2.18. The van der Waals surface area contributed by atoms with Crippen LogP contribution in [0.3, 0.4) is 0 Å². The van der Waals surface area contributed by atoms with Crippen molar-refractivity contribution in [2.75, 3.05) is 6.54 Å². The van der Waals surface area contributed by atoms with Gasteiger partial charge in [0.25, 0.3) is 0 Å². The first-order valence-corrected chi connectivity index (χ1v) is 6.75. The molecule has 0 radical (unpaired) electrons. The standard InChI is InChI=1S/C14H19ClFN/c1-2-7-17-14(10-3-4-10)8-11-5-6-12(16)9-13(11)15/h5-6,9-10,14,17H,2-4,7-8H2,1H3. The van der Waals surface area contributed by atoms with Gasteiger partial charge in [-0.2, -0.15) is 0 Å². The maximum Gasteiger partial charge on any atom is 0.124 e. The van der Waals surface area contributed by atoms with E-state index in [1.54, 1.807) is 6.07 Å². The van der Waals surface area contributed by atoms with Gasteiger partial charge < -0.3 is 5.32 Å². The Morgan fingerprint density at radius 1 is 1.47 bits per heavy atom. The van der Waals surface area contributed by atoms with Gasteiger partial charge in [-0.15, -0.1) is 0 Å². The van der Waals surface area contributed by atoms with Gasteiger partial charge in [-0.3, -0.25) is 0 Å². The van der Waals surface area contributed by atoms with Crippen molar-refractivity contribution in [3.63, 3.8) is 0 Å². The Balaban J connectivity index is 2.00. The normalized spacial score (nSPS) is 17.1. The highest BCUT2D eigenvalue weighted by molar-refractivity contribution is 6.31. The summed E-state index contributed by atoms with van der Waals surface area (Å²) in [5.41, 5.74) is 1.05. The molecule has 0 heterocycles. The van der Waals surface area contributed by atoms with Crippen LogP contribution in [0.25, 0.3) is 0 Å². The number of benzene rings is 1. The molecule has 17 heavy (non-hydrogen) atoms. The highest BCUT2D eigenvalue weighted by atomic mass is 35.5. The van der Waals surface area contributed by atoms with Gasteiger partial charge in [0.2, 0.25) is 0 Å². The molecule has 1 aliphatic carbocycles. The summed E-state index contributed by atoms with van der Waals surface area (Å²) >= 11 is 6.06. The summed E-state index contributed by atoms with van der Waals surface area (Å²) in [4.78, 5) is 0. The summed E-state index contributed by atoms with van der Waals surface area (Å²) in [6, 6.07) is 5.20. The lowest BCUT2D eigenvalue weighted by Crippen LogP contribution is -2.33. The Morgan fingerprint density at radius 2 is 2.24 bits per heavy atom. The van der Waals surface area contributed by atoms with Crippen molar-refractivity contribution in [1.82, 2.24) is 5.32 Å². The zero-order chi connectivity index (χ0) is 12.3. The van der Waals surface area contributed by atoms with E-state index in [0.717, 1.165) is 30.9 Å². The van der Waals surface area contributed by atoms with Gasteiger partial charge in [0.1, 0.15) is 5.82 Å². The van der Waals surface area contributed by atoms with Crippen LogP contribution in [0.1, 0.15) is 31.7 Å². The summed E-state index contributed by atoms with van der Waals surface area (Å²) < 4.78 is 13.0. The lowest BCUT2D eigenvalue weighted by molar-refractivity contribution is 0.459. The second-order valence-corrected chi connectivity index (χ2v) is 5.25. The molecular weight excluding hydrogens is 237 g/mol. The molecule has 1 fully saturated rings. The van der Waals surface area contributed by atoms with Gasteiger partial charge in [-0.05, 0) is 55.8 Å². The van der Waals surface area contributed by atoms with Crippen LogP contribution in [0.4, 0.5) is 4.39 Å². The van der Waals surface area contributed by atoms with Crippen LogP contribution >= 0.6 is 11.6 Å². The molecule has 1 aromatic carbocycles. The average molecular weight is 256 g/mol. The minimum absolute atomic E-state index is 0.261. The molecule has 1 nitrogen and oxygen atoms in total. The highest BCUT2D eigenvalue weighted by Crippen LogP contribution is 2.35. The van der Waals surface area contributed by atoms with E-state index < -0.39 is 0 Å². The van der Waals surface area contributed by atoms with Crippen LogP contribution in [-0.4, -0.2) is 12.6 Å². The molecule has 94 valence electrons.